The highest BCUT2D eigenvalue weighted by molar-refractivity contribution is 5.86. The van der Waals surface area contributed by atoms with E-state index in [1.165, 1.54) is 36.4 Å². The average molecular weight is 595 g/mol. The molecule has 2 aromatic carbocycles. The normalized spacial score (nSPS) is 33.5. The van der Waals surface area contributed by atoms with E-state index in [-0.39, 0.29) is 28.2 Å². The second kappa shape index (κ2) is 12.1. The number of ether oxygens (including phenoxy) is 4. The molecule has 0 bridgehead atoms. The van der Waals surface area contributed by atoms with Crippen LogP contribution in [0.4, 0.5) is 0 Å². The molecule has 10 atom stereocenters. The molecule has 2 fully saturated rings. The summed E-state index contributed by atoms with van der Waals surface area (Å²) < 4.78 is 27.7. The first kappa shape index (κ1) is 30.1. The quantitative estimate of drug-likeness (QED) is 0.142. The van der Waals surface area contributed by atoms with E-state index in [1.54, 1.807) is 0 Å². The van der Waals surface area contributed by atoms with E-state index >= 15 is 0 Å². The summed E-state index contributed by atoms with van der Waals surface area (Å²) in [6, 6.07) is 9.31. The van der Waals surface area contributed by atoms with Gasteiger partial charge in [0.05, 0.1) is 13.2 Å². The molecule has 2 aliphatic heterocycles. The molecule has 0 saturated carbocycles. The van der Waals surface area contributed by atoms with Gasteiger partial charge in [-0.25, -0.2) is 0 Å². The molecule has 0 radical (unpaired) electrons. The fourth-order valence-electron chi connectivity index (χ4n) is 4.76. The molecule has 2 saturated heterocycles. The fraction of sp³-hybridized carbons (Fsp3) is 0.444. The predicted octanol–water partition coefficient (Wildman–Crippen LogP) is -2.13. The summed E-state index contributed by atoms with van der Waals surface area (Å²) in [5.41, 5.74) is -0.196. The highest BCUT2D eigenvalue weighted by Crippen LogP contribution is 2.34. The summed E-state index contributed by atoms with van der Waals surface area (Å²) in [5.74, 6) is -0.526. The van der Waals surface area contributed by atoms with Crippen LogP contribution in [0.15, 0.2) is 51.7 Å². The minimum Gasteiger partial charge on any atom is -0.508 e. The number of benzene rings is 2. The van der Waals surface area contributed by atoms with Crippen LogP contribution in [0.5, 0.6) is 17.2 Å². The third-order valence-corrected chi connectivity index (χ3v) is 7.13. The van der Waals surface area contributed by atoms with Crippen molar-refractivity contribution >= 4 is 11.0 Å². The van der Waals surface area contributed by atoms with Gasteiger partial charge < -0.3 is 69.3 Å². The maximum absolute atomic E-state index is 12.7. The Balaban J connectivity index is 1.34. The van der Waals surface area contributed by atoms with Crippen molar-refractivity contribution in [3.05, 3.63) is 52.7 Å². The SMILES string of the molecule is O=c1cc(-c2ccc(O)cc2)oc2cc(OC3OC(COC4OC(CO)C(O)C(O)C4O)C(O)C(O)C3O)cc(O)c12. The third kappa shape index (κ3) is 5.80. The van der Waals surface area contributed by atoms with Crippen LogP contribution < -0.4 is 10.2 Å². The third-order valence-electron chi connectivity index (χ3n) is 7.13. The first-order chi connectivity index (χ1) is 20.0. The lowest BCUT2D eigenvalue weighted by Crippen LogP contribution is -2.62. The molecule has 2 aliphatic rings. The van der Waals surface area contributed by atoms with Crippen LogP contribution in [0.3, 0.4) is 0 Å². The molecular weight excluding hydrogens is 564 g/mol. The first-order valence-corrected chi connectivity index (χ1v) is 12.9. The number of aliphatic hydroxyl groups is 7. The van der Waals surface area contributed by atoms with Crippen molar-refractivity contribution in [3.63, 3.8) is 0 Å². The summed E-state index contributed by atoms with van der Waals surface area (Å²) in [6.45, 7) is -1.26. The van der Waals surface area contributed by atoms with E-state index in [1.807, 2.05) is 0 Å². The van der Waals surface area contributed by atoms with Crippen molar-refractivity contribution < 1.29 is 69.3 Å². The maximum Gasteiger partial charge on any atom is 0.229 e. The zero-order valence-electron chi connectivity index (χ0n) is 21.7. The van der Waals surface area contributed by atoms with E-state index in [0.29, 0.717) is 5.56 Å². The van der Waals surface area contributed by atoms with Crippen molar-refractivity contribution in [2.75, 3.05) is 13.2 Å². The Bertz CT molecular complexity index is 1440. The molecule has 3 heterocycles. The van der Waals surface area contributed by atoms with Gasteiger partial charge in [-0.2, -0.15) is 0 Å². The van der Waals surface area contributed by atoms with Gasteiger partial charge in [0, 0.05) is 23.8 Å². The van der Waals surface area contributed by atoms with E-state index in [4.69, 9.17) is 23.4 Å². The Kier molecular flexibility index (Phi) is 8.68. The molecule has 228 valence electrons. The highest BCUT2D eigenvalue weighted by Gasteiger charge is 2.48. The number of aliphatic hydroxyl groups excluding tert-OH is 7. The minimum atomic E-state index is -1.81. The largest absolute Gasteiger partial charge is 0.508 e. The average Bonchev–Trinajstić information content (AvgIpc) is 2.96. The molecule has 0 amide bonds. The van der Waals surface area contributed by atoms with Crippen LogP contribution in [-0.4, -0.2) is 121 Å². The number of fused-ring (bicyclic) bond motifs is 1. The summed E-state index contributed by atoms with van der Waals surface area (Å²) in [4.78, 5) is 12.7. The maximum atomic E-state index is 12.7. The molecule has 15 heteroatoms. The van der Waals surface area contributed by atoms with Gasteiger partial charge in [0.15, 0.2) is 11.7 Å². The number of hydrogen-bond donors (Lipinski definition) is 9. The second-order valence-corrected chi connectivity index (χ2v) is 10.0. The zero-order chi connectivity index (χ0) is 30.3. The molecular formula is C27H30O15. The van der Waals surface area contributed by atoms with Gasteiger partial charge in [-0.05, 0) is 24.3 Å². The van der Waals surface area contributed by atoms with E-state index in [0.717, 1.165) is 6.07 Å². The van der Waals surface area contributed by atoms with Crippen LogP contribution in [0.2, 0.25) is 0 Å². The van der Waals surface area contributed by atoms with Crippen LogP contribution in [0, 0.1) is 0 Å². The Morgan fingerprint density at radius 1 is 0.738 bits per heavy atom. The van der Waals surface area contributed by atoms with Gasteiger partial charge in [-0.3, -0.25) is 4.79 Å². The highest BCUT2D eigenvalue weighted by atomic mass is 16.7. The lowest BCUT2D eigenvalue weighted by molar-refractivity contribution is -0.323. The van der Waals surface area contributed by atoms with Crippen molar-refractivity contribution in [1.82, 2.24) is 0 Å². The smallest absolute Gasteiger partial charge is 0.229 e. The number of rotatable bonds is 7. The second-order valence-electron chi connectivity index (χ2n) is 10.0. The van der Waals surface area contributed by atoms with Gasteiger partial charge in [-0.15, -0.1) is 0 Å². The van der Waals surface area contributed by atoms with Crippen molar-refractivity contribution in [2.24, 2.45) is 0 Å². The molecule has 10 unspecified atom stereocenters. The number of phenols is 2. The predicted molar refractivity (Wildman–Crippen MR) is 138 cm³/mol. The fourth-order valence-corrected chi connectivity index (χ4v) is 4.76. The summed E-state index contributed by atoms with van der Waals surface area (Å²) >= 11 is 0. The van der Waals surface area contributed by atoms with Gasteiger partial charge >= 0.3 is 0 Å². The van der Waals surface area contributed by atoms with Gasteiger partial charge in [-0.1, -0.05) is 0 Å². The molecule has 3 aromatic rings. The number of aromatic hydroxyl groups is 2. The van der Waals surface area contributed by atoms with Crippen molar-refractivity contribution in [1.29, 1.82) is 0 Å². The van der Waals surface area contributed by atoms with Crippen LogP contribution in [-0.2, 0) is 14.2 Å². The topological polar surface area (TPSA) is 249 Å². The van der Waals surface area contributed by atoms with E-state index in [2.05, 4.69) is 0 Å². The number of phenolic OH excluding ortho intramolecular Hbond substituents is 2. The summed E-state index contributed by atoms with van der Waals surface area (Å²) in [7, 11) is 0. The minimum absolute atomic E-state index is 0.00505. The van der Waals surface area contributed by atoms with Gasteiger partial charge in [0.25, 0.3) is 0 Å². The van der Waals surface area contributed by atoms with Gasteiger partial charge in [0.2, 0.25) is 6.29 Å². The molecule has 42 heavy (non-hydrogen) atoms. The zero-order valence-corrected chi connectivity index (χ0v) is 21.7. The Morgan fingerprint density at radius 2 is 1.36 bits per heavy atom. The molecule has 5 rings (SSSR count). The van der Waals surface area contributed by atoms with Crippen molar-refractivity contribution in [2.45, 2.75) is 61.4 Å². The molecule has 15 nitrogen and oxygen atoms in total. The first-order valence-electron chi connectivity index (χ1n) is 12.9. The lowest BCUT2D eigenvalue weighted by Gasteiger charge is -2.42. The molecule has 0 spiro atoms. The molecule has 0 aliphatic carbocycles. The Hall–Kier alpha value is -3.35. The van der Waals surface area contributed by atoms with E-state index < -0.39 is 85.8 Å². The van der Waals surface area contributed by atoms with Crippen LogP contribution in [0.25, 0.3) is 22.3 Å². The van der Waals surface area contributed by atoms with Gasteiger partial charge in [0.1, 0.15) is 82.8 Å². The number of hydrogen-bond acceptors (Lipinski definition) is 15. The van der Waals surface area contributed by atoms with Crippen LogP contribution >= 0.6 is 0 Å². The van der Waals surface area contributed by atoms with Crippen LogP contribution in [0.1, 0.15) is 0 Å². The van der Waals surface area contributed by atoms with E-state index in [9.17, 15) is 50.8 Å². The van der Waals surface area contributed by atoms with Crippen molar-refractivity contribution in [3.8, 4) is 28.6 Å². The monoisotopic (exact) mass is 594 g/mol. The Labute approximate surface area is 236 Å². The molecule has 1 aromatic heterocycles. The summed E-state index contributed by atoms with van der Waals surface area (Å²) in [5, 5.41) is 90.6. The standard InChI is InChI=1S/C27H30O15/c28-8-17-20(32)22(34)24(36)26(41-17)38-9-18-21(33)23(35)25(37)27(42-18)39-12-5-13(30)19-14(31)7-15(40-16(19)6-12)10-1-3-11(29)4-2-10/h1-7,17-18,20-30,32-37H,8-9H2. The lowest BCUT2D eigenvalue weighted by atomic mass is 9.98. The molecule has 9 N–H and O–H groups in total. The Morgan fingerprint density at radius 3 is 2.02 bits per heavy atom. The summed E-state index contributed by atoms with van der Waals surface area (Å²) in [6.07, 6.45) is -16.2.